The summed E-state index contributed by atoms with van der Waals surface area (Å²) in [5.41, 5.74) is 0.980. The molecule has 0 amide bonds. The molecular formula is C12H12F2N2O3S. The summed E-state index contributed by atoms with van der Waals surface area (Å²) < 4.78 is 45.0. The summed E-state index contributed by atoms with van der Waals surface area (Å²) in [6, 6.07) is 6.66. The fourth-order valence-electron chi connectivity index (χ4n) is 1.69. The van der Waals surface area contributed by atoms with E-state index >= 15 is 0 Å². The van der Waals surface area contributed by atoms with E-state index < -0.39 is 22.0 Å². The molecule has 1 aromatic heterocycles. The highest BCUT2D eigenvalue weighted by Gasteiger charge is 2.50. The van der Waals surface area contributed by atoms with Gasteiger partial charge in [0.05, 0.1) is 17.6 Å². The molecule has 0 aliphatic carbocycles. The standard InChI is InChI=1S/C12H12F2N2O3S/c1-3-19-10(17)12(13,14)20(18)11-15-8-6-4-5-7-9(8)16(11)2/h4-7H,3H2,1-2H3/t20-/m1/s1. The third-order valence-electron chi connectivity index (χ3n) is 2.66. The predicted molar refractivity (Wildman–Crippen MR) is 68.7 cm³/mol. The highest BCUT2D eigenvalue weighted by atomic mass is 32.2. The number of alkyl halides is 2. The maximum Gasteiger partial charge on any atom is 0.422 e. The lowest BCUT2D eigenvalue weighted by Gasteiger charge is -2.13. The molecule has 0 aliphatic rings. The number of imidazole rings is 1. The van der Waals surface area contributed by atoms with E-state index in [4.69, 9.17) is 0 Å². The van der Waals surface area contributed by atoms with Crippen molar-refractivity contribution in [2.24, 2.45) is 7.05 Å². The Labute approximate surface area is 116 Å². The van der Waals surface area contributed by atoms with Crippen LogP contribution in [0.3, 0.4) is 0 Å². The molecule has 8 heteroatoms. The first-order valence-electron chi connectivity index (χ1n) is 5.78. The van der Waals surface area contributed by atoms with E-state index in [2.05, 4.69) is 9.72 Å². The van der Waals surface area contributed by atoms with Gasteiger partial charge in [-0.15, -0.1) is 0 Å². The number of hydrogen-bond acceptors (Lipinski definition) is 4. The fourth-order valence-corrected chi connectivity index (χ4v) is 2.66. The molecule has 0 aliphatic heterocycles. The van der Waals surface area contributed by atoms with Crippen LogP contribution in [-0.2, 0) is 27.4 Å². The van der Waals surface area contributed by atoms with Gasteiger partial charge in [-0.05, 0) is 19.1 Å². The first kappa shape index (κ1) is 14.6. The molecule has 0 spiro atoms. The van der Waals surface area contributed by atoms with E-state index in [1.54, 1.807) is 24.3 Å². The van der Waals surface area contributed by atoms with Gasteiger partial charge < -0.3 is 9.30 Å². The highest BCUT2D eigenvalue weighted by molar-refractivity contribution is 7.86. The topological polar surface area (TPSA) is 61.2 Å². The number of carbonyl (C=O) groups is 1. The van der Waals surface area contributed by atoms with Gasteiger partial charge in [-0.2, -0.15) is 8.78 Å². The van der Waals surface area contributed by atoms with Gasteiger partial charge in [-0.25, -0.2) is 14.0 Å². The molecule has 0 N–H and O–H groups in total. The number of ether oxygens (including phenoxy) is 1. The maximum absolute atomic E-state index is 13.8. The number of esters is 1. The highest BCUT2D eigenvalue weighted by Crippen LogP contribution is 2.28. The third-order valence-corrected chi connectivity index (χ3v) is 3.99. The van der Waals surface area contributed by atoms with E-state index in [0.717, 1.165) is 0 Å². The molecule has 0 unspecified atom stereocenters. The lowest BCUT2D eigenvalue weighted by molar-refractivity contribution is -0.159. The van der Waals surface area contributed by atoms with Crippen molar-refractivity contribution in [3.8, 4) is 0 Å². The first-order chi connectivity index (χ1) is 9.39. The largest absolute Gasteiger partial charge is 0.461 e. The number of carbonyl (C=O) groups excluding carboxylic acids is 1. The van der Waals surface area contributed by atoms with E-state index in [0.29, 0.717) is 11.0 Å². The molecular weight excluding hydrogens is 290 g/mol. The van der Waals surface area contributed by atoms with Crippen molar-refractivity contribution in [2.75, 3.05) is 6.61 Å². The molecule has 2 rings (SSSR count). The van der Waals surface area contributed by atoms with Crippen molar-refractivity contribution in [2.45, 2.75) is 17.3 Å². The van der Waals surface area contributed by atoms with E-state index in [-0.39, 0.29) is 11.8 Å². The number of halogens is 2. The van der Waals surface area contributed by atoms with Crippen LogP contribution < -0.4 is 0 Å². The van der Waals surface area contributed by atoms with Crippen LogP contribution in [0.1, 0.15) is 6.92 Å². The average molecular weight is 302 g/mol. The fraction of sp³-hybridized carbons (Fsp3) is 0.333. The Morgan fingerprint density at radius 1 is 1.45 bits per heavy atom. The van der Waals surface area contributed by atoms with E-state index in [9.17, 15) is 17.8 Å². The number of aromatic nitrogens is 2. The zero-order valence-corrected chi connectivity index (χ0v) is 11.6. The average Bonchev–Trinajstić information content (AvgIpc) is 2.76. The minimum Gasteiger partial charge on any atom is -0.461 e. The summed E-state index contributed by atoms with van der Waals surface area (Å²) in [6.07, 6.45) is 0. The summed E-state index contributed by atoms with van der Waals surface area (Å²) in [5.74, 6) is -1.81. The molecule has 0 fully saturated rings. The Hall–Kier alpha value is -1.83. The molecule has 5 nitrogen and oxygen atoms in total. The molecule has 0 saturated heterocycles. The molecule has 108 valence electrons. The number of benzene rings is 1. The van der Waals surface area contributed by atoms with Crippen LogP contribution in [0.15, 0.2) is 29.4 Å². The third kappa shape index (κ3) is 2.31. The van der Waals surface area contributed by atoms with Gasteiger partial charge in [0.25, 0.3) is 0 Å². The van der Waals surface area contributed by atoms with Crippen LogP contribution in [0.4, 0.5) is 8.78 Å². The number of para-hydroxylation sites is 2. The lowest BCUT2D eigenvalue weighted by atomic mass is 10.3. The summed E-state index contributed by atoms with van der Waals surface area (Å²) in [4.78, 5) is 15.1. The minimum atomic E-state index is -4.13. The SMILES string of the molecule is CCOC(=O)C(F)(F)[S@](=O)c1nc2ccccc2n1C. The molecule has 20 heavy (non-hydrogen) atoms. The van der Waals surface area contributed by atoms with Crippen molar-refractivity contribution in [1.29, 1.82) is 0 Å². The Morgan fingerprint density at radius 3 is 2.70 bits per heavy atom. The van der Waals surface area contributed by atoms with Crippen LogP contribution in [0.5, 0.6) is 0 Å². The molecule has 1 heterocycles. The number of aryl methyl sites for hydroxylation is 1. The Balaban J connectivity index is 2.46. The van der Waals surface area contributed by atoms with Crippen LogP contribution in [0.2, 0.25) is 0 Å². The van der Waals surface area contributed by atoms with Crippen LogP contribution in [0, 0.1) is 0 Å². The van der Waals surface area contributed by atoms with E-state index in [1.807, 2.05) is 0 Å². The van der Waals surface area contributed by atoms with Gasteiger partial charge in [-0.3, -0.25) is 0 Å². The molecule has 0 bridgehead atoms. The summed E-state index contributed by atoms with van der Waals surface area (Å²) in [5, 5.41) is -4.50. The van der Waals surface area contributed by atoms with Crippen LogP contribution >= 0.6 is 0 Å². The van der Waals surface area contributed by atoms with Crippen molar-refractivity contribution in [3.63, 3.8) is 0 Å². The van der Waals surface area contributed by atoms with Crippen molar-refractivity contribution in [3.05, 3.63) is 24.3 Å². The second-order valence-corrected chi connectivity index (χ2v) is 5.36. The van der Waals surface area contributed by atoms with E-state index in [1.165, 1.54) is 18.5 Å². The van der Waals surface area contributed by atoms with Gasteiger partial charge in [0.1, 0.15) is 0 Å². The Kier molecular flexibility index (Phi) is 3.85. The van der Waals surface area contributed by atoms with Gasteiger partial charge >= 0.3 is 11.2 Å². The summed E-state index contributed by atoms with van der Waals surface area (Å²) >= 11 is 0. The number of rotatable bonds is 4. The normalized spacial score (nSPS) is 13.4. The maximum atomic E-state index is 13.8. The molecule has 1 atom stereocenters. The van der Waals surface area contributed by atoms with Gasteiger partial charge in [0.2, 0.25) is 5.16 Å². The zero-order chi connectivity index (χ0) is 14.9. The summed E-state index contributed by atoms with van der Waals surface area (Å²) in [6.45, 7) is 1.18. The van der Waals surface area contributed by atoms with Crippen molar-refractivity contribution in [1.82, 2.24) is 9.55 Å². The predicted octanol–water partition coefficient (Wildman–Crippen LogP) is 1.84. The molecule has 0 radical (unpaired) electrons. The quantitative estimate of drug-likeness (QED) is 0.809. The molecule has 2 aromatic rings. The second-order valence-electron chi connectivity index (χ2n) is 3.95. The zero-order valence-electron chi connectivity index (χ0n) is 10.8. The minimum absolute atomic E-state index is 0.214. The Morgan fingerprint density at radius 2 is 2.10 bits per heavy atom. The van der Waals surface area contributed by atoms with Crippen molar-refractivity contribution < 1.29 is 22.5 Å². The monoisotopic (exact) mass is 302 g/mol. The number of fused-ring (bicyclic) bond motifs is 1. The number of hydrogen-bond donors (Lipinski definition) is 0. The first-order valence-corrected chi connectivity index (χ1v) is 6.93. The van der Waals surface area contributed by atoms with Crippen LogP contribution in [0.25, 0.3) is 11.0 Å². The second kappa shape index (κ2) is 5.28. The molecule has 1 aromatic carbocycles. The van der Waals surface area contributed by atoms with Crippen molar-refractivity contribution >= 4 is 27.8 Å². The van der Waals surface area contributed by atoms with Gasteiger partial charge in [0.15, 0.2) is 10.8 Å². The Bertz CT molecular complexity index is 684. The lowest BCUT2D eigenvalue weighted by Crippen LogP contribution is -2.36. The van der Waals surface area contributed by atoms with Crippen LogP contribution in [-0.4, -0.2) is 31.6 Å². The summed E-state index contributed by atoms with van der Waals surface area (Å²) in [7, 11) is -1.46. The number of nitrogens with zero attached hydrogens (tertiary/aromatic N) is 2. The van der Waals surface area contributed by atoms with Gasteiger partial charge in [-0.1, -0.05) is 12.1 Å². The smallest absolute Gasteiger partial charge is 0.422 e. The van der Waals surface area contributed by atoms with Gasteiger partial charge in [0, 0.05) is 7.05 Å². The molecule has 0 saturated carbocycles.